The normalized spacial score (nSPS) is 26.5. The molecule has 0 unspecified atom stereocenters. The maximum atomic E-state index is 5.31. The van der Waals surface area contributed by atoms with Gasteiger partial charge in [-0.05, 0) is 48.9 Å². The topological polar surface area (TPSA) is 44.1 Å². The highest BCUT2D eigenvalue weighted by Crippen LogP contribution is 2.35. The highest BCUT2D eigenvalue weighted by Gasteiger charge is 2.40. The van der Waals surface area contributed by atoms with Gasteiger partial charge in [0.05, 0.1) is 24.2 Å². The SMILES string of the molecule is c1ccc(CN2C(c3cccc(C4=N[C@@H]5CCCC[C@H]5N4Cc4ccccc4)n3)=N[C@@H]3CCCC[C@H]32)cc1. The Hall–Kier alpha value is -3.47. The monoisotopic (exact) mass is 503 g/mol. The van der Waals surface area contributed by atoms with Crippen molar-refractivity contribution in [2.24, 2.45) is 9.98 Å². The highest BCUT2D eigenvalue weighted by atomic mass is 15.3. The summed E-state index contributed by atoms with van der Waals surface area (Å²) in [4.78, 5) is 21.0. The molecule has 5 nitrogen and oxygen atoms in total. The fraction of sp³-hybridized carbons (Fsp3) is 0.424. The third-order valence-corrected chi connectivity index (χ3v) is 8.91. The predicted octanol–water partition coefficient (Wildman–Crippen LogP) is 6.23. The maximum absolute atomic E-state index is 5.31. The lowest BCUT2D eigenvalue weighted by Gasteiger charge is -2.33. The molecule has 3 heterocycles. The van der Waals surface area contributed by atoms with Gasteiger partial charge in [-0.3, -0.25) is 9.98 Å². The zero-order valence-corrected chi connectivity index (χ0v) is 22.1. The van der Waals surface area contributed by atoms with Gasteiger partial charge in [0.2, 0.25) is 0 Å². The lowest BCUT2D eigenvalue weighted by molar-refractivity contribution is 0.239. The Bertz CT molecular complexity index is 1220. The molecule has 3 aromatic rings. The smallest absolute Gasteiger partial charge is 0.150 e. The minimum atomic E-state index is 0.384. The molecular formula is C33H37N5. The Kier molecular flexibility index (Phi) is 6.44. The van der Waals surface area contributed by atoms with Crippen molar-refractivity contribution < 1.29 is 0 Å². The molecular weight excluding hydrogens is 466 g/mol. The lowest BCUT2D eigenvalue weighted by atomic mass is 9.90. The quantitative estimate of drug-likeness (QED) is 0.401. The van der Waals surface area contributed by atoms with Gasteiger partial charge in [-0.2, -0.15) is 0 Å². The van der Waals surface area contributed by atoms with Gasteiger partial charge in [-0.15, -0.1) is 0 Å². The minimum Gasteiger partial charge on any atom is -0.346 e. The second-order valence-corrected chi connectivity index (χ2v) is 11.4. The molecule has 4 aliphatic rings. The average molecular weight is 504 g/mol. The first-order valence-electron chi connectivity index (χ1n) is 14.6. The molecule has 0 bridgehead atoms. The summed E-state index contributed by atoms with van der Waals surface area (Å²) in [5.74, 6) is 2.14. The standard InChI is InChI=1S/C33H37N5/c1-3-12-24(13-4-1)22-37-30-20-9-7-16-26(30)35-32(37)28-18-11-19-29(34-28)33-36-27-17-8-10-21-31(27)38(33)23-25-14-5-2-6-15-25/h1-6,11-15,18-19,26-27,30-31H,7-10,16-17,20-23H2/t26-,27-,30-,31-/m1/s1. The Morgan fingerprint density at radius 1 is 0.526 bits per heavy atom. The largest absolute Gasteiger partial charge is 0.346 e. The Labute approximate surface area is 226 Å². The van der Waals surface area contributed by atoms with Crippen molar-refractivity contribution in [3.63, 3.8) is 0 Å². The third kappa shape index (κ3) is 4.53. The average Bonchev–Trinajstić information content (AvgIpc) is 3.53. The van der Waals surface area contributed by atoms with Gasteiger partial charge in [0.25, 0.3) is 0 Å². The number of aromatic nitrogens is 1. The van der Waals surface area contributed by atoms with Crippen molar-refractivity contribution in [2.75, 3.05) is 0 Å². The molecule has 2 aliphatic heterocycles. The summed E-state index contributed by atoms with van der Waals surface area (Å²) in [6, 6.07) is 29.9. The molecule has 0 spiro atoms. The van der Waals surface area contributed by atoms with E-state index in [0.717, 1.165) is 36.1 Å². The summed E-state index contributed by atoms with van der Waals surface area (Å²) in [7, 11) is 0. The van der Waals surface area contributed by atoms with Gasteiger partial charge in [0.1, 0.15) is 11.4 Å². The first-order valence-corrected chi connectivity index (χ1v) is 14.6. The summed E-state index contributed by atoms with van der Waals surface area (Å²) in [5.41, 5.74) is 4.65. The number of pyridine rings is 1. The number of fused-ring (bicyclic) bond motifs is 2. The summed E-state index contributed by atoms with van der Waals surface area (Å²) in [6.45, 7) is 1.77. The number of amidine groups is 2. The van der Waals surface area contributed by atoms with Crippen molar-refractivity contribution >= 4 is 11.7 Å². The molecule has 0 radical (unpaired) electrons. The van der Waals surface area contributed by atoms with E-state index in [1.807, 2.05) is 0 Å². The van der Waals surface area contributed by atoms with Gasteiger partial charge in [0, 0.05) is 13.1 Å². The lowest BCUT2D eigenvalue weighted by Crippen LogP contribution is -2.42. The fourth-order valence-corrected chi connectivity index (χ4v) is 7.04. The molecule has 0 amide bonds. The molecule has 194 valence electrons. The number of rotatable bonds is 6. The van der Waals surface area contributed by atoms with E-state index < -0.39 is 0 Å². The molecule has 2 aliphatic carbocycles. The van der Waals surface area contributed by atoms with Crippen LogP contribution in [0.5, 0.6) is 0 Å². The molecule has 0 N–H and O–H groups in total. The van der Waals surface area contributed by atoms with E-state index in [1.54, 1.807) is 0 Å². The van der Waals surface area contributed by atoms with Gasteiger partial charge in [0.15, 0.2) is 11.7 Å². The molecule has 1 aromatic heterocycles. The van der Waals surface area contributed by atoms with Crippen LogP contribution in [0.25, 0.3) is 0 Å². The molecule has 2 fully saturated rings. The van der Waals surface area contributed by atoms with E-state index in [0.29, 0.717) is 24.2 Å². The first kappa shape index (κ1) is 23.6. The van der Waals surface area contributed by atoms with Crippen molar-refractivity contribution in [1.82, 2.24) is 14.8 Å². The third-order valence-electron chi connectivity index (χ3n) is 8.91. The first-order chi connectivity index (χ1) is 18.8. The number of nitrogens with zero attached hydrogens (tertiary/aromatic N) is 5. The van der Waals surface area contributed by atoms with E-state index in [2.05, 4.69) is 88.7 Å². The van der Waals surface area contributed by atoms with Crippen LogP contribution < -0.4 is 0 Å². The van der Waals surface area contributed by atoms with Crippen LogP contribution in [-0.4, -0.2) is 50.6 Å². The Morgan fingerprint density at radius 3 is 1.45 bits per heavy atom. The number of hydrogen-bond acceptors (Lipinski definition) is 5. The Morgan fingerprint density at radius 2 is 0.974 bits per heavy atom. The molecule has 2 saturated carbocycles. The fourth-order valence-electron chi connectivity index (χ4n) is 7.04. The maximum Gasteiger partial charge on any atom is 0.150 e. The summed E-state index contributed by atoms with van der Waals surface area (Å²) in [6.07, 6.45) is 9.92. The van der Waals surface area contributed by atoms with Crippen molar-refractivity contribution in [3.8, 4) is 0 Å². The zero-order valence-electron chi connectivity index (χ0n) is 22.1. The minimum absolute atomic E-state index is 0.384. The molecule has 4 atom stereocenters. The second-order valence-electron chi connectivity index (χ2n) is 11.4. The van der Waals surface area contributed by atoms with E-state index in [-0.39, 0.29) is 0 Å². The van der Waals surface area contributed by atoms with Crippen molar-refractivity contribution in [1.29, 1.82) is 0 Å². The summed E-state index contributed by atoms with van der Waals surface area (Å²) in [5, 5.41) is 0. The van der Waals surface area contributed by atoms with Gasteiger partial charge in [-0.25, -0.2) is 4.98 Å². The van der Waals surface area contributed by atoms with Crippen molar-refractivity contribution in [3.05, 3.63) is 101 Å². The van der Waals surface area contributed by atoms with E-state index in [1.165, 1.54) is 62.5 Å². The molecule has 38 heavy (non-hydrogen) atoms. The predicted molar refractivity (Wildman–Crippen MR) is 153 cm³/mol. The van der Waals surface area contributed by atoms with Gasteiger partial charge < -0.3 is 9.80 Å². The van der Waals surface area contributed by atoms with Crippen LogP contribution in [0.15, 0.2) is 88.8 Å². The summed E-state index contributed by atoms with van der Waals surface area (Å²) < 4.78 is 0. The van der Waals surface area contributed by atoms with Gasteiger partial charge in [-0.1, -0.05) is 92.4 Å². The molecule has 5 heteroatoms. The molecule has 0 saturated heterocycles. The van der Waals surface area contributed by atoms with Crippen LogP contribution in [0.2, 0.25) is 0 Å². The van der Waals surface area contributed by atoms with Crippen LogP contribution in [0.4, 0.5) is 0 Å². The molecule has 2 aromatic carbocycles. The van der Waals surface area contributed by atoms with Crippen LogP contribution >= 0.6 is 0 Å². The second kappa shape index (κ2) is 10.4. The Balaban J connectivity index is 1.22. The van der Waals surface area contributed by atoms with E-state index in [4.69, 9.17) is 15.0 Å². The zero-order chi connectivity index (χ0) is 25.3. The van der Waals surface area contributed by atoms with Gasteiger partial charge >= 0.3 is 0 Å². The van der Waals surface area contributed by atoms with E-state index in [9.17, 15) is 0 Å². The van der Waals surface area contributed by atoms with Crippen LogP contribution in [0.1, 0.15) is 73.9 Å². The van der Waals surface area contributed by atoms with Crippen LogP contribution in [-0.2, 0) is 13.1 Å². The van der Waals surface area contributed by atoms with Crippen LogP contribution in [0.3, 0.4) is 0 Å². The summed E-state index contributed by atoms with van der Waals surface area (Å²) >= 11 is 0. The molecule has 7 rings (SSSR count). The van der Waals surface area contributed by atoms with E-state index >= 15 is 0 Å². The number of benzene rings is 2. The number of hydrogen-bond donors (Lipinski definition) is 0. The highest BCUT2D eigenvalue weighted by molar-refractivity contribution is 6.02. The van der Waals surface area contributed by atoms with Crippen LogP contribution in [0, 0.1) is 0 Å². The number of aliphatic imine (C=N–C) groups is 2. The van der Waals surface area contributed by atoms with Crippen molar-refractivity contribution in [2.45, 2.75) is 88.6 Å².